The second kappa shape index (κ2) is 4.67. The Balaban J connectivity index is 1.44. The molecule has 0 spiro atoms. The lowest BCUT2D eigenvalue weighted by Crippen LogP contribution is -2.53. The van der Waals surface area contributed by atoms with Gasteiger partial charge in [-0.25, -0.2) is 0 Å². The van der Waals surface area contributed by atoms with Crippen molar-refractivity contribution in [2.75, 3.05) is 11.9 Å². The molecule has 4 bridgehead atoms. The summed E-state index contributed by atoms with van der Waals surface area (Å²) in [5.74, 6) is 2.67. The highest BCUT2D eigenvalue weighted by Gasteiger charge is 2.53. The fraction of sp³-hybridized carbons (Fsp3) is 0.867. The van der Waals surface area contributed by atoms with Crippen LogP contribution in [0.5, 0.6) is 0 Å². The number of anilines is 1. The fourth-order valence-corrected chi connectivity index (χ4v) is 5.95. The second-order valence-corrected chi connectivity index (χ2v) is 8.48. The third-order valence-corrected chi connectivity index (χ3v) is 6.56. The van der Waals surface area contributed by atoms with Crippen molar-refractivity contribution in [3.63, 3.8) is 0 Å². The first-order valence-electron chi connectivity index (χ1n) is 7.85. The third-order valence-electron chi connectivity index (χ3n) is 5.77. The first-order chi connectivity index (χ1) is 9.63. The lowest BCUT2D eigenvalue weighted by Gasteiger charge is -2.58. The first-order valence-corrected chi connectivity index (χ1v) is 8.67. The summed E-state index contributed by atoms with van der Waals surface area (Å²) in [6.07, 6.45) is 7.78. The van der Waals surface area contributed by atoms with Gasteiger partial charge < -0.3 is 10.4 Å². The molecule has 2 N–H and O–H groups in total. The van der Waals surface area contributed by atoms with Crippen LogP contribution < -0.4 is 5.32 Å². The van der Waals surface area contributed by atoms with Crippen molar-refractivity contribution in [3.8, 4) is 0 Å². The van der Waals surface area contributed by atoms with Crippen LogP contribution in [0.4, 0.5) is 5.13 Å². The number of aromatic nitrogens is 2. The molecule has 4 aliphatic carbocycles. The number of aliphatic hydroxyl groups is 1. The van der Waals surface area contributed by atoms with E-state index in [4.69, 9.17) is 0 Å². The molecule has 0 amide bonds. The molecule has 110 valence electrons. The first kappa shape index (κ1) is 13.0. The molecule has 1 aromatic rings. The number of aliphatic hydroxyl groups excluding tert-OH is 1. The Morgan fingerprint density at radius 1 is 1.20 bits per heavy atom. The van der Waals surface area contributed by atoms with Crippen molar-refractivity contribution < 1.29 is 5.11 Å². The van der Waals surface area contributed by atoms with Gasteiger partial charge in [0.25, 0.3) is 0 Å². The minimum Gasteiger partial charge on any atom is -0.391 e. The molecule has 1 heterocycles. The van der Waals surface area contributed by atoms with Crippen molar-refractivity contribution in [1.82, 2.24) is 10.2 Å². The second-order valence-electron chi connectivity index (χ2n) is 7.30. The Kier molecular flexibility index (Phi) is 3.04. The Labute approximate surface area is 124 Å². The largest absolute Gasteiger partial charge is 0.391 e. The summed E-state index contributed by atoms with van der Waals surface area (Å²) in [7, 11) is 0. The summed E-state index contributed by atoms with van der Waals surface area (Å²) in [6.45, 7) is 2.58. The lowest BCUT2D eigenvalue weighted by atomic mass is 9.48. The van der Waals surface area contributed by atoms with Crippen molar-refractivity contribution >= 4 is 16.5 Å². The van der Waals surface area contributed by atoms with E-state index in [1.54, 1.807) is 11.3 Å². The molecule has 0 aliphatic heterocycles. The normalized spacial score (nSPS) is 40.0. The maximum absolute atomic E-state index is 10.8. The van der Waals surface area contributed by atoms with Gasteiger partial charge in [-0.1, -0.05) is 11.3 Å². The van der Waals surface area contributed by atoms with Crippen molar-refractivity contribution in [2.45, 2.75) is 51.6 Å². The average Bonchev–Trinajstić information content (AvgIpc) is 2.80. The molecule has 4 nitrogen and oxygen atoms in total. The van der Waals surface area contributed by atoms with Crippen molar-refractivity contribution in [3.05, 3.63) is 5.01 Å². The molecular formula is C15H23N3OS. The van der Waals surface area contributed by atoms with Crippen LogP contribution in [0, 0.1) is 30.1 Å². The van der Waals surface area contributed by atoms with Gasteiger partial charge in [-0.05, 0) is 68.6 Å². The van der Waals surface area contributed by atoms with Crippen LogP contribution in [0.15, 0.2) is 0 Å². The Morgan fingerprint density at radius 3 is 2.30 bits per heavy atom. The summed E-state index contributed by atoms with van der Waals surface area (Å²) in [6, 6.07) is 0. The number of hydrogen-bond acceptors (Lipinski definition) is 5. The van der Waals surface area contributed by atoms with E-state index < -0.39 is 0 Å². The molecule has 1 atom stereocenters. The zero-order valence-corrected chi connectivity index (χ0v) is 12.8. The van der Waals surface area contributed by atoms with E-state index >= 15 is 0 Å². The zero-order chi connectivity index (χ0) is 13.7. The van der Waals surface area contributed by atoms with E-state index in [0.717, 1.165) is 27.9 Å². The Bertz CT molecular complexity index is 466. The van der Waals surface area contributed by atoms with E-state index in [1.165, 1.54) is 38.5 Å². The third kappa shape index (κ3) is 2.15. The summed E-state index contributed by atoms with van der Waals surface area (Å²) in [5.41, 5.74) is 0.196. The van der Waals surface area contributed by atoms with Gasteiger partial charge in [0.15, 0.2) is 0 Å². The number of nitrogens with one attached hydrogen (secondary N) is 1. The van der Waals surface area contributed by atoms with Gasteiger partial charge in [-0.3, -0.25) is 0 Å². The zero-order valence-electron chi connectivity index (χ0n) is 12.0. The highest BCUT2D eigenvalue weighted by molar-refractivity contribution is 7.15. The SMILES string of the molecule is Cc1nnc(NC[C@H](O)C23CC4CC(CC(C4)C2)C3)s1. The topological polar surface area (TPSA) is 58.0 Å². The van der Waals surface area contributed by atoms with Gasteiger partial charge in [0.2, 0.25) is 5.13 Å². The number of nitrogens with zero attached hydrogens (tertiary/aromatic N) is 2. The maximum atomic E-state index is 10.8. The van der Waals surface area contributed by atoms with Crippen molar-refractivity contribution in [1.29, 1.82) is 0 Å². The van der Waals surface area contributed by atoms with Gasteiger partial charge in [-0.15, -0.1) is 10.2 Å². The summed E-state index contributed by atoms with van der Waals surface area (Å²) in [4.78, 5) is 0. The summed E-state index contributed by atoms with van der Waals surface area (Å²) >= 11 is 1.56. The quantitative estimate of drug-likeness (QED) is 0.896. The molecular weight excluding hydrogens is 270 g/mol. The van der Waals surface area contributed by atoms with Gasteiger partial charge in [-0.2, -0.15) is 0 Å². The van der Waals surface area contributed by atoms with Crippen molar-refractivity contribution in [2.24, 2.45) is 23.2 Å². The smallest absolute Gasteiger partial charge is 0.205 e. The standard InChI is InChI=1S/C15H23N3OS/c1-9-17-18-14(20-9)16-8-13(19)15-5-10-2-11(6-15)4-12(3-10)7-15/h10-13,19H,2-8H2,1H3,(H,16,18)/t10?,11?,12?,13-,15?/m0/s1. The average molecular weight is 293 g/mol. The van der Waals surface area contributed by atoms with E-state index in [9.17, 15) is 5.11 Å². The summed E-state index contributed by atoms with van der Waals surface area (Å²) < 4.78 is 0. The summed E-state index contributed by atoms with van der Waals surface area (Å²) in [5, 5.41) is 24.0. The lowest BCUT2D eigenvalue weighted by molar-refractivity contribution is -0.115. The molecule has 4 fully saturated rings. The number of rotatable bonds is 4. The number of aryl methyl sites for hydroxylation is 1. The van der Waals surface area contributed by atoms with Crippen LogP contribution in [0.2, 0.25) is 0 Å². The molecule has 4 saturated carbocycles. The molecule has 0 aromatic carbocycles. The van der Waals surface area contributed by atoms with Gasteiger partial charge >= 0.3 is 0 Å². The van der Waals surface area contributed by atoms with Crippen LogP contribution in [0.25, 0.3) is 0 Å². The van der Waals surface area contributed by atoms with E-state index in [1.807, 2.05) is 6.92 Å². The number of hydrogen-bond donors (Lipinski definition) is 2. The minimum atomic E-state index is -0.236. The van der Waals surface area contributed by atoms with Crippen LogP contribution in [0.1, 0.15) is 43.5 Å². The predicted molar refractivity (Wildman–Crippen MR) is 79.7 cm³/mol. The molecule has 0 unspecified atom stereocenters. The maximum Gasteiger partial charge on any atom is 0.205 e. The predicted octanol–water partition coefficient (Wildman–Crippen LogP) is 2.84. The van der Waals surface area contributed by atoms with E-state index in [2.05, 4.69) is 15.5 Å². The highest BCUT2D eigenvalue weighted by atomic mass is 32.1. The Hall–Kier alpha value is -0.680. The molecule has 5 heteroatoms. The highest BCUT2D eigenvalue weighted by Crippen LogP contribution is 2.61. The monoisotopic (exact) mass is 293 g/mol. The molecule has 0 saturated heterocycles. The fourth-order valence-electron chi connectivity index (χ4n) is 5.35. The minimum absolute atomic E-state index is 0.196. The molecule has 5 rings (SSSR count). The van der Waals surface area contributed by atoms with Crippen LogP contribution >= 0.6 is 11.3 Å². The van der Waals surface area contributed by atoms with E-state index in [-0.39, 0.29) is 11.5 Å². The van der Waals surface area contributed by atoms with Crippen LogP contribution in [-0.4, -0.2) is 28.0 Å². The molecule has 20 heavy (non-hydrogen) atoms. The molecule has 1 aromatic heterocycles. The van der Waals surface area contributed by atoms with Crippen LogP contribution in [0.3, 0.4) is 0 Å². The molecule has 4 aliphatic rings. The van der Waals surface area contributed by atoms with Gasteiger partial charge in [0.05, 0.1) is 6.10 Å². The van der Waals surface area contributed by atoms with E-state index in [0.29, 0.717) is 6.54 Å². The van der Waals surface area contributed by atoms with Crippen LogP contribution in [-0.2, 0) is 0 Å². The van der Waals surface area contributed by atoms with Gasteiger partial charge in [0.1, 0.15) is 5.01 Å². The molecule has 0 radical (unpaired) electrons. The van der Waals surface area contributed by atoms with Gasteiger partial charge in [0, 0.05) is 6.54 Å². The Morgan fingerprint density at radius 2 is 1.80 bits per heavy atom.